The zero-order valence-corrected chi connectivity index (χ0v) is 14.9. The van der Waals surface area contributed by atoms with E-state index in [0.717, 1.165) is 17.7 Å². The molecule has 25 heavy (non-hydrogen) atoms. The first kappa shape index (κ1) is 17.1. The van der Waals surface area contributed by atoms with Crippen LogP contribution < -0.4 is 10.4 Å². The van der Waals surface area contributed by atoms with E-state index < -0.39 is 0 Å². The molecule has 0 atom stereocenters. The highest BCUT2D eigenvalue weighted by Gasteiger charge is 2.24. The van der Waals surface area contributed by atoms with Crippen LogP contribution in [0.5, 0.6) is 0 Å². The highest BCUT2D eigenvalue weighted by molar-refractivity contribution is 5.99. The normalized spacial score (nSPS) is 14.1. The van der Waals surface area contributed by atoms with Gasteiger partial charge in [-0.1, -0.05) is 13.0 Å². The fourth-order valence-corrected chi connectivity index (χ4v) is 3.10. The van der Waals surface area contributed by atoms with Gasteiger partial charge in [-0.25, -0.2) is 0 Å². The molecule has 5 heteroatoms. The van der Waals surface area contributed by atoms with E-state index in [9.17, 15) is 9.59 Å². The highest BCUT2D eigenvalue weighted by atomic mass is 16.2. The molecule has 2 heterocycles. The first-order valence-electron chi connectivity index (χ1n) is 8.70. The van der Waals surface area contributed by atoms with Crippen LogP contribution in [0.15, 0.2) is 47.6 Å². The Kier molecular flexibility index (Phi) is 4.83. The minimum absolute atomic E-state index is 0.107. The molecule has 0 radical (unpaired) electrons. The van der Waals surface area contributed by atoms with Crippen LogP contribution in [0.2, 0.25) is 0 Å². The predicted molar refractivity (Wildman–Crippen MR) is 97.6 cm³/mol. The first-order valence-corrected chi connectivity index (χ1v) is 8.70. The van der Waals surface area contributed by atoms with E-state index >= 15 is 0 Å². The average molecular weight is 337 g/mol. The predicted octanol–water partition coefficient (Wildman–Crippen LogP) is 2.78. The molecule has 0 spiro atoms. The van der Waals surface area contributed by atoms with Crippen molar-refractivity contribution in [3.8, 4) is 0 Å². The second-order valence-electron chi connectivity index (χ2n) is 6.45. The Morgan fingerprint density at radius 2 is 2.00 bits per heavy atom. The number of carbonyl (C=O) groups excluding carboxylic acids is 2. The Morgan fingerprint density at radius 3 is 2.72 bits per heavy atom. The summed E-state index contributed by atoms with van der Waals surface area (Å²) < 4.78 is 1.58. The molecule has 0 N–H and O–H groups in total. The second-order valence-corrected chi connectivity index (χ2v) is 6.45. The Morgan fingerprint density at radius 1 is 1.20 bits per heavy atom. The summed E-state index contributed by atoms with van der Waals surface area (Å²) >= 11 is 0. The van der Waals surface area contributed by atoms with Gasteiger partial charge in [0.25, 0.3) is 5.91 Å². The van der Waals surface area contributed by atoms with Crippen molar-refractivity contribution in [3.05, 3.63) is 59.2 Å². The second kappa shape index (κ2) is 7.05. The summed E-state index contributed by atoms with van der Waals surface area (Å²) in [6, 6.07) is 11.2. The van der Waals surface area contributed by atoms with E-state index in [4.69, 9.17) is 0 Å². The van der Waals surface area contributed by atoms with Crippen LogP contribution in [0.3, 0.4) is 0 Å². The molecular formula is C20H23N3O2. The first-order chi connectivity index (χ1) is 12.0. The molecule has 0 fully saturated rings. The van der Waals surface area contributed by atoms with Crippen molar-refractivity contribution in [2.24, 2.45) is 4.99 Å². The molecular weight excluding hydrogens is 314 g/mol. The van der Waals surface area contributed by atoms with Crippen LogP contribution in [0.1, 0.15) is 43.1 Å². The van der Waals surface area contributed by atoms with Crippen LogP contribution in [-0.4, -0.2) is 29.0 Å². The zero-order chi connectivity index (χ0) is 18.0. The van der Waals surface area contributed by atoms with Crippen molar-refractivity contribution < 1.29 is 9.59 Å². The quantitative estimate of drug-likeness (QED) is 0.865. The third-order valence-electron chi connectivity index (χ3n) is 4.27. The lowest BCUT2D eigenvalue weighted by Crippen LogP contribution is -2.28. The van der Waals surface area contributed by atoms with Gasteiger partial charge in [-0.05, 0) is 56.2 Å². The number of anilines is 1. The van der Waals surface area contributed by atoms with E-state index in [-0.39, 0.29) is 17.9 Å². The van der Waals surface area contributed by atoms with E-state index in [2.05, 4.69) is 4.99 Å². The Labute approximate surface area is 147 Å². The molecule has 0 bridgehead atoms. The maximum absolute atomic E-state index is 12.9. The van der Waals surface area contributed by atoms with Crippen LogP contribution in [-0.2, 0) is 11.2 Å². The number of nitrogens with zero attached hydrogens (tertiary/aromatic N) is 3. The summed E-state index contributed by atoms with van der Waals surface area (Å²) in [5.74, 6) is 0.0105. The van der Waals surface area contributed by atoms with Gasteiger partial charge in [0.2, 0.25) is 5.91 Å². The smallest absolute Gasteiger partial charge is 0.263 e. The Hall–Kier alpha value is -2.69. The van der Waals surface area contributed by atoms with Crippen molar-refractivity contribution in [2.45, 2.75) is 39.7 Å². The molecule has 1 aliphatic heterocycles. The number of benzene rings is 1. The standard InChI is InChI=1S/C20H23N3O2/c1-4-19(24)22-12-10-15-13-16(8-9-17(15)22)20(25)23-11-6-5-7-18(23)21-14(2)3/h5-9,11,13-14H,4,10,12H2,1-3H3. The number of carbonyl (C=O) groups is 2. The number of hydrogen-bond acceptors (Lipinski definition) is 3. The van der Waals surface area contributed by atoms with Gasteiger partial charge in [-0.3, -0.25) is 19.1 Å². The van der Waals surface area contributed by atoms with E-state index in [1.165, 1.54) is 0 Å². The number of hydrogen-bond donors (Lipinski definition) is 0. The van der Waals surface area contributed by atoms with Gasteiger partial charge in [0, 0.05) is 36.5 Å². The van der Waals surface area contributed by atoms with Gasteiger partial charge in [-0.15, -0.1) is 0 Å². The van der Waals surface area contributed by atoms with Gasteiger partial charge in [-0.2, -0.15) is 0 Å². The fourth-order valence-electron chi connectivity index (χ4n) is 3.10. The van der Waals surface area contributed by atoms with Gasteiger partial charge >= 0.3 is 0 Å². The summed E-state index contributed by atoms with van der Waals surface area (Å²) in [6.45, 7) is 6.52. The zero-order valence-electron chi connectivity index (χ0n) is 14.9. The summed E-state index contributed by atoms with van der Waals surface area (Å²) in [5.41, 5.74) is 3.23. The molecule has 0 unspecified atom stereocenters. The van der Waals surface area contributed by atoms with E-state index in [0.29, 0.717) is 24.0 Å². The maximum atomic E-state index is 12.9. The van der Waals surface area contributed by atoms with Gasteiger partial charge < -0.3 is 4.90 Å². The van der Waals surface area contributed by atoms with Crippen LogP contribution in [0, 0.1) is 0 Å². The average Bonchev–Trinajstić information content (AvgIpc) is 3.03. The maximum Gasteiger partial charge on any atom is 0.263 e. The Bertz CT molecular complexity index is 881. The summed E-state index contributed by atoms with van der Waals surface area (Å²) in [5, 5.41) is 0. The molecule has 130 valence electrons. The Balaban J connectivity index is 1.97. The van der Waals surface area contributed by atoms with Gasteiger partial charge in [0.15, 0.2) is 0 Å². The van der Waals surface area contributed by atoms with E-state index in [1.54, 1.807) is 21.7 Å². The van der Waals surface area contributed by atoms with Crippen LogP contribution in [0.25, 0.3) is 0 Å². The molecule has 0 aliphatic carbocycles. The number of amides is 1. The third-order valence-corrected chi connectivity index (χ3v) is 4.27. The molecule has 1 aliphatic rings. The molecule has 2 aromatic rings. The van der Waals surface area contributed by atoms with Crippen LogP contribution >= 0.6 is 0 Å². The number of fused-ring (bicyclic) bond motifs is 1. The van der Waals surface area contributed by atoms with E-state index in [1.807, 2.05) is 51.1 Å². The minimum atomic E-state index is -0.108. The lowest BCUT2D eigenvalue weighted by Gasteiger charge is -2.16. The number of pyridine rings is 1. The summed E-state index contributed by atoms with van der Waals surface area (Å²) in [7, 11) is 0. The molecule has 0 saturated carbocycles. The SMILES string of the molecule is CCC(=O)N1CCc2cc(C(=O)n3ccccc3=NC(C)C)ccc21. The molecule has 5 nitrogen and oxygen atoms in total. The van der Waals surface area contributed by atoms with Crippen LogP contribution in [0.4, 0.5) is 5.69 Å². The van der Waals surface area contributed by atoms with Crippen molar-refractivity contribution in [1.82, 2.24) is 4.57 Å². The summed E-state index contributed by atoms with van der Waals surface area (Å²) in [6.07, 6.45) is 3.01. The van der Waals surface area contributed by atoms with Crippen molar-refractivity contribution in [2.75, 3.05) is 11.4 Å². The highest BCUT2D eigenvalue weighted by Crippen LogP contribution is 2.29. The minimum Gasteiger partial charge on any atom is -0.312 e. The molecule has 3 rings (SSSR count). The lowest BCUT2D eigenvalue weighted by molar-refractivity contribution is -0.118. The summed E-state index contributed by atoms with van der Waals surface area (Å²) in [4.78, 5) is 31.3. The largest absolute Gasteiger partial charge is 0.312 e. The van der Waals surface area contributed by atoms with Crippen molar-refractivity contribution in [3.63, 3.8) is 0 Å². The van der Waals surface area contributed by atoms with Crippen molar-refractivity contribution >= 4 is 17.5 Å². The fraction of sp³-hybridized carbons (Fsp3) is 0.350. The number of rotatable bonds is 3. The van der Waals surface area contributed by atoms with Gasteiger partial charge in [0.1, 0.15) is 5.49 Å². The number of aromatic nitrogens is 1. The third kappa shape index (κ3) is 3.40. The molecule has 0 saturated heterocycles. The monoisotopic (exact) mass is 337 g/mol. The lowest BCUT2D eigenvalue weighted by atomic mass is 10.1. The molecule has 1 amide bonds. The van der Waals surface area contributed by atoms with Gasteiger partial charge in [0.05, 0.1) is 0 Å². The topological polar surface area (TPSA) is 54.7 Å². The molecule has 1 aromatic heterocycles. The van der Waals surface area contributed by atoms with Crippen molar-refractivity contribution in [1.29, 1.82) is 0 Å². The molecule has 1 aromatic carbocycles.